The molecular weight excluding hydrogens is 465 g/mol. The quantitative estimate of drug-likeness (QED) is 0.445. The van der Waals surface area contributed by atoms with E-state index in [-0.39, 0.29) is 11.7 Å². The average molecular weight is 490 g/mol. The normalized spacial score (nSPS) is 16.0. The molecule has 0 spiro atoms. The van der Waals surface area contributed by atoms with Crippen LogP contribution in [0.15, 0.2) is 59.7 Å². The van der Waals surface area contributed by atoms with Crippen LogP contribution in [0.5, 0.6) is 0 Å². The number of benzene rings is 1. The number of aryl methyl sites for hydroxylation is 1. The van der Waals surface area contributed by atoms with Crippen LogP contribution in [0.4, 0.5) is 10.3 Å². The molecule has 8 heteroatoms. The number of anilines is 1. The van der Waals surface area contributed by atoms with Crippen LogP contribution in [0.1, 0.15) is 28.9 Å². The number of nitrogens with zero attached hydrogens (tertiary/aromatic N) is 5. The number of aromatic nitrogens is 3. The van der Waals surface area contributed by atoms with Crippen molar-refractivity contribution in [3.63, 3.8) is 0 Å². The number of morpholine rings is 1. The summed E-state index contributed by atoms with van der Waals surface area (Å²) in [6.45, 7) is 4.68. The van der Waals surface area contributed by atoms with E-state index in [1.807, 2.05) is 31.3 Å². The van der Waals surface area contributed by atoms with Gasteiger partial charge in [0.05, 0.1) is 41.9 Å². The maximum Gasteiger partial charge on any atom is 0.226 e. The van der Waals surface area contributed by atoms with Crippen LogP contribution < -0.4 is 4.90 Å². The SMILES string of the molecule is Cc1cccnc1C1=CCC=C(c2cc(-c3ccc(F)c(CCl)c3)nc(N3CCOCC3)n2)C=N1. The molecule has 2 aliphatic rings. The van der Waals surface area contributed by atoms with Gasteiger partial charge in [0, 0.05) is 42.2 Å². The first-order chi connectivity index (χ1) is 17.1. The Morgan fingerprint density at radius 1 is 1.06 bits per heavy atom. The van der Waals surface area contributed by atoms with E-state index in [1.165, 1.54) is 6.07 Å². The van der Waals surface area contributed by atoms with Crippen LogP contribution in [-0.2, 0) is 10.6 Å². The van der Waals surface area contributed by atoms with Gasteiger partial charge in [0.15, 0.2) is 0 Å². The third-order valence-electron chi connectivity index (χ3n) is 6.03. The minimum absolute atomic E-state index is 0.0904. The van der Waals surface area contributed by atoms with Crippen molar-refractivity contribution < 1.29 is 9.13 Å². The third kappa shape index (κ3) is 5.16. The topological polar surface area (TPSA) is 63.5 Å². The second-order valence-corrected chi connectivity index (χ2v) is 8.66. The van der Waals surface area contributed by atoms with Gasteiger partial charge in [-0.3, -0.25) is 9.98 Å². The number of pyridine rings is 1. The molecule has 4 heterocycles. The predicted octanol–water partition coefficient (Wildman–Crippen LogP) is 5.46. The summed E-state index contributed by atoms with van der Waals surface area (Å²) in [5.74, 6) is 0.381. The molecule has 1 aromatic carbocycles. The molecule has 2 aromatic heterocycles. The molecule has 0 unspecified atom stereocenters. The molecule has 0 N–H and O–H groups in total. The average Bonchev–Trinajstić information content (AvgIpc) is 3.16. The largest absolute Gasteiger partial charge is 0.378 e. The first-order valence-corrected chi connectivity index (χ1v) is 12.1. The van der Waals surface area contributed by atoms with Crippen LogP contribution in [0.2, 0.25) is 0 Å². The van der Waals surface area contributed by atoms with E-state index in [2.05, 4.69) is 22.0 Å². The van der Waals surface area contributed by atoms with Crippen molar-refractivity contribution in [3.8, 4) is 11.3 Å². The molecule has 178 valence electrons. The Hall–Kier alpha value is -3.42. The lowest BCUT2D eigenvalue weighted by Crippen LogP contribution is -2.37. The molecule has 0 atom stereocenters. The van der Waals surface area contributed by atoms with Gasteiger partial charge in [0.1, 0.15) is 5.82 Å². The van der Waals surface area contributed by atoms with Crippen molar-refractivity contribution in [2.24, 2.45) is 4.99 Å². The lowest BCUT2D eigenvalue weighted by molar-refractivity contribution is 0.122. The zero-order chi connectivity index (χ0) is 24.2. The zero-order valence-corrected chi connectivity index (χ0v) is 20.2. The van der Waals surface area contributed by atoms with Gasteiger partial charge in [-0.1, -0.05) is 18.2 Å². The molecule has 35 heavy (non-hydrogen) atoms. The number of halogens is 2. The second-order valence-electron chi connectivity index (χ2n) is 8.39. The lowest BCUT2D eigenvalue weighted by Gasteiger charge is -2.27. The molecule has 1 saturated heterocycles. The number of alkyl halides is 1. The first-order valence-electron chi connectivity index (χ1n) is 11.6. The van der Waals surface area contributed by atoms with Gasteiger partial charge in [-0.2, -0.15) is 0 Å². The Morgan fingerprint density at radius 2 is 1.89 bits per heavy atom. The summed E-state index contributed by atoms with van der Waals surface area (Å²) in [5, 5.41) is 0. The summed E-state index contributed by atoms with van der Waals surface area (Å²) in [7, 11) is 0. The molecule has 0 bridgehead atoms. The number of aliphatic imine (C=N–C) groups is 1. The molecule has 1 fully saturated rings. The number of allylic oxidation sites excluding steroid dienone is 3. The van der Waals surface area contributed by atoms with Crippen molar-refractivity contribution in [1.82, 2.24) is 15.0 Å². The summed E-state index contributed by atoms with van der Waals surface area (Å²) < 4.78 is 19.6. The fourth-order valence-corrected chi connectivity index (χ4v) is 4.30. The van der Waals surface area contributed by atoms with E-state index in [1.54, 1.807) is 18.3 Å². The van der Waals surface area contributed by atoms with Crippen LogP contribution in [0.25, 0.3) is 22.5 Å². The van der Waals surface area contributed by atoms with Crippen LogP contribution in [0.3, 0.4) is 0 Å². The van der Waals surface area contributed by atoms with Gasteiger partial charge in [-0.05, 0) is 49.2 Å². The maximum atomic E-state index is 14.1. The number of ether oxygens (including phenoxy) is 1. The Morgan fingerprint density at radius 3 is 2.69 bits per heavy atom. The predicted molar refractivity (Wildman–Crippen MR) is 138 cm³/mol. The van der Waals surface area contributed by atoms with E-state index in [4.69, 9.17) is 31.3 Å². The van der Waals surface area contributed by atoms with Crippen molar-refractivity contribution >= 4 is 35.0 Å². The molecule has 0 saturated carbocycles. The highest BCUT2D eigenvalue weighted by Crippen LogP contribution is 2.28. The molecular formula is C27H25ClFN5O. The molecule has 0 radical (unpaired) electrons. The summed E-state index contributed by atoms with van der Waals surface area (Å²) in [4.78, 5) is 21.1. The Bertz CT molecular complexity index is 1330. The van der Waals surface area contributed by atoms with Crippen molar-refractivity contribution in [3.05, 3.63) is 83.1 Å². The minimum Gasteiger partial charge on any atom is -0.378 e. The van der Waals surface area contributed by atoms with E-state index < -0.39 is 0 Å². The molecule has 0 aliphatic carbocycles. The smallest absolute Gasteiger partial charge is 0.226 e. The van der Waals surface area contributed by atoms with Crippen molar-refractivity contribution in [1.29, 1.82) is 0 Å². The van der Waals surface area contributed by atoms with E-state index in [9.17, 15) is 4.39 Å². The van der Waals surface area contributed by atoms with E-state index in [0.29, 0.717) is 49.9 Å². The van der Waals surface area contributed by atoms with Crippen molar-refractivity contribution in [2.45, 2.75) is 19.2 Å². The monoisotopic (exact) mass is 489 g/mol. The fourth-order valence-electron chi connectivity index (χ4n) is 4.10. The van der Waals surface area contributed by atoms with Crippen LogP contribution >= 0.6 is 11.6 Å². The third-order valence-corrected chi connectivity index (χ3v) is 6.32. The van der Waals surface area contributed by atoms with Gasteiger partial charge in [-0.25, -0.2) is 14.4 Å². The highest BCUT2D eigenvalue weighted by molar-refractivity contribution is 6.17. The number of rotatable bonds is 5. The first kappa shape index (κ1) is 23.3. The van der Waals surface area contributed by atoms with Crippen LogP contribution in [-0.4, -0.2) is 47.5 Å². The molecule has 2 aliphatic heterocycles. The van der Waals surface area contributed by atoms with Gasteiger partial charge in [0.25, 0.3) is 0 Å². The standard InChI is InChI=1S/C27H25ClFN5O/c1-18-4-3-9-30-26(18)23-6-2-5-20(17-31-23)25-15-24(19-7-8-22(29)21(14-19)16-28)32-27(33-25)34-10-12-35-13-11-34/h3-9,14-15,17H,2,10-13,16H2,1H3. The number of hydrogen-bond donors (Lipinski definition) is 0. The second kappa shape index (κ2) is 10.5. The Kier molecular flexibility index (Phi) is 6.97. The fraction of sp³-hybridized carbons (Fsp3) is 0.259. The number of hydrogen-bond acceptors (Lipinski definition) is 6. The highest BCUT2D eigenvalue weighted by atomic mass is 35.5. The van der Waals surface area contributed by atoms with Gasteiger partial charge in [-0.15, -0.1) is 11.6 Å². The van der Waals surface area contributed by atoms with Crippen LogP contribution in [0, 0.1) is 12.7 Å². The maximum absolute atomic E-state index is 14.1. The Balaban J connectivity index is 1.54. The summed E-state index contributed by atoms with van der Waals surface area (Å²) in [6.07, 6.45) is 8.47. The summed E-state index contributed by atoms with van der Waals surface area (Å²) >= 11 is 5.96. The van der Waals surface area contributed by atoms with Gasteiger partial charge in [0.2, 0.25) is 5.95 Å². The van der Waals surface area contributed by atoms with Gasteiger partial charge >= 0.3 is 0 Å². The minimum atomic E-state index is -0.325. The molecule has 3 aromatic rings. The zero-order valence-electron chi connectivity index (χ0n) is 19.4. The summed E-state index contributed by atoms with van der Waals surface area (Å²) in [5.41, 5.74) is 6.35. The molecule has 5 rings (SSSR count). The lowest BCUT2D eigenvalue weighted by atomic mass is 10.1. The Labute approximate surface area is 208 Å². The van der Waals surface area contributed by atoms with Gasteiger partial charge < -0.3 is 9.64 Å². The summed E-state index contributed by atoms with van der Waals surface area (Å²) in [6, 6.07) is 10.8. The molecule has 6 nitrogen and oxygen atoms in total. The van der Waals surface area contributed by atoms with E-state index in [0.717, 1.165) is 33.8 Å². The molecule has 0 amide bonds. The van der Waals surface area contributed by atoms with Crippen molar-refractivity contribution in [2.75, 3.05) is 31.2 Å². The highest BCUT2D eigenvalue weighted by Gasteiger charge is 2.18. The van der Waals surface area contributed by atoms with E-state index >= 15 is 0 Å².